The van der Waals surface area contributed by atoms with E-state index in [1.54, 1.807) is 0 Å². The third-order valence-electron chi connectivity index (χ3n) is 13.1. The number of nitrogens with zero attached hydrogens (tertiary/aromatic N) is 5. The minimum Gasteiger partial charge on any atom is -0.313 e. The summed E-state index contributed by atoms with van der Waals surface area (Å²) in [5.41, 5.74) is 20.3. The summed E-state index contributed by atoms with van der Waals surface area (Å²) in [6, 6.07) is 51.9. The van der Waals surface area contributed by atoms with Crippen LogP contribution in [0.2, 0.25) is 0 Å². The second kappa shape index (κ2) is 16.1. The molecule has 0 amide bonds. The number of allylic oxidation sites excluding steroid dienone is 4. The van der Waals surface area contributed by atoms with Crippen LogP contribution in [0.3, 0.4) is 0 Å². The molecule has 0 fully saturated rings. The van der Waals surface area contributed by atoms with Gasteiger partial charge >= 0.3 is 0 Å². The lowest BCUT2D eigenvalue weighted by atomic mass is 9.59. The van der Waals surface area contributed by atoms with E-state index in [2.05, 4.69) is 201 Å². The topological polar surface area (TPSA) is 46.8 Å². The number of benzene rings is 7. The molecule has 0 saturated carbocycles. The van der Waals surface area contributed by atoms with Gasteiger partial charge in [-0.15, -0.1) is 16.4 Å². The average Bonchev–Trinajstić information content (AvgIpc) is 3.66. The van der Waals surface area contributed by atoms with E-state index < -0.39 is 0 Å². The molecule has 0 spiro atoms. The minimum absolute atomic E-state index is 0.569. The highest BCUT2D eigenvalue weighted by Crippen LogP contribution is 2.40. The second-order valence-corrected chi connectivity index (χ2v) is 16.6. The quantitative estimate of drug-likeness (QED) is 0.214. The Labute approximate surface area is 368 Å². The molecule has 0 atom stereocenters. The third kappa shape index (κ3) is 6.80. The lowest BCUT2D eigenvalue weighted by Gasteiger charge is -2.22. The molecule has 2 heterocycles. The minimum atomic E-state index is 0.569. The van der Waals surface area contributed by atoms with Crippen molar-refractivity contribution in [3.05, 3.63) is 169 Å². The van der Waals surface area contributed by atoms with Crippen molar-refractivity contribution in [2.24, 2.45) is 0 Å². The molecule has 2 aromatic heterocycles. The maximum Gasteiger partial charge on any atom is 0.233 e. The summed E-state index contributed by atoms with van der Waals surface area (Å²) in [5, 5.41) is 2.46. The molecule has 0 radical (unpaired) electrons. The molecule has 0 saturated heterocycles. The maximum absolute atomic E-state index is 5.25. The smallest absolute Gasteiger partial charge is 0.233 e. The van der Waals surface area contributed by atoms with Gasteiger partial charge in [0.1, 0.15) is 39.2 Å². The molecule has 1 aliphatic carbocycles. The fourth-order valence-corrected chi connectivity index (χ4v) is 9.39. The highest BCUT2D eigenvalue weighted by atomic mass is 15.3. The molecular weight excluding hydrogens is 749 g/mol. The van der Waals surface area contributed by atoms with Gasteiger partial charge in [0.25, 0.3) is 0 Å². The normalized spacial score (nSPS) is 12.5. The molecule has 0 bridgehead atoms. The van der Waals surface area contributed by atoms with Crippen LogP contribution in [0.1, 0.15) is 18.4 Å². The lowest BCUT2D eigenvalue weighted by Crippen LogP contribution is -2.55. The van der Waals surface area contributed by atoms with Crippen molar-refractivity contribution >= 4 is 106 Å². The van der Waals surface area contributed by atoms with E-state index >= 15 is 0 Å². The second-order valence-electron chi connectivity index (χ2n) is 16.6. The molecular formula is C52H44B5N5. The van der Waals surface area contributed by atoms with Crippen LogP contribution in [0.5, 0.6) is 0 Å². The molecule has 0 N–H and O–H groups in total. The van der Waals surface area contributed by atoms with Crippen molar-refractivity contribution in [3.63, 3.8) is 0 Å². The van der Waals surface area contributed by atoms with Crippen LogP contribution in [-0.2, 0) is 0 Å². The monoisotopic (exact) mass is 793 g/mol. The van der Waals surface area contributed by atoms with Crippen molar-refractivity contribution in [1.82, 2.24) is 19.5 Å². The van der Waals surface area contributed by atoms with E-state index in [0.29, 0.717) is 17.6 Å². The molecule has 10 heteroatoms. The number of para-hydroxylation sites is 3. The molecule has 1 aliphatic rings. The van der Waals surface area contributed by atoms with Gasteiger partial charge in [-0.1, -0.05) is 144 Å². The number of hydrogen-bond acceptors (Lipinski definition) is 4. The van der Waals surface area contributed by atoms with Crippen molar-refractivity contribution in [1.29, 1.82) is 0 Å². The van der Waals surface area contributed by atoms with Crippen molar-refractivity contribution in [2.75, 3.05) is 11.9 Å². The van der Waals surface area contributed by atoms with E-state index in [9.17, 15) is 0 Å². The summed E-state index contributed by atoms with van der Waals surface area (Å²) < 4.78 is 2.45. The summed E-state index contributed by atoms with van der Waals surface area (Å²) in [7, 11) is 13.2. The first-order valence-corrected chi connectivity index (χ1v) is 21.6. The summed E-state index contributed by atoms with van der Waals surface area (Å²) in [5.74, 6) is 1.83. The van der Waals surface area contributed by atoms with Crippen molar-refractivity contribution in [2.45, 2.75) is 12.8 Å². The van der Waals surface area contributed by atoms with Crippen molar-refractivity contribution in [3.8, 4) is 50.7 Å². The Hall–Kier alpha value is -7.05. The van der Waals surface area contributed by atoms with Crippen LogP contribution in [0.25, 0.3) is 78.1 Å². The zero-order valence-electron chi connectivity index (χ0n) is 36.2. The number of rotatable bonds is 8. The molecule has 0 unspecified atom stereocenters. The van der Waals surface area contributed by atoms with Crippen LogP contribution >= 0.6 is 0 Å². The van der Waals surface area contributed by atoms with E-state index in [-0.39, 0.29) is 0 Å². The van der Waals surface area contributed by atoms with E-state index in [4.69, 9.17) is 15.0 Å². The SMILES string of the molecule is Bc1c(B)c(B)c(-c2cccc(-c3nc(-c4ccccc4)nc(N(C)c4ccccc4-c4ccc5c6ccccc6n(-c6ccccc6C6=CC=CCC6)c5c4)n3)c2)c(B)c1B. The van der Waals surface area contributed by atoms with Crippen LogP contribution in [0.4, 0.5) is 11.6 Å². The maximum atomic E-state index is 5.25. The van der Waals surface area contributed by atoms with Gasteiger partial charge in [-0.05, 0) is 65.4 Å². The standard InChI is InChI=1S/C52H44B5N5/c1-61(52-59-50(32-17-6-3-7-18-32)58-51(60-52)35-20-14-19-34(29-35)44-45(53)47(55)49(57)48(56)46(44)54)40-24-11-8-22-37(40)33-27-28-39-38-23-10-13-26-42(38)62(43(39)30-33)41-25-12-9-21-36(41)31-15-4-2-5-16-31/h2-4,6-15,17-30H,5,16,53-57H2,1H3. The molecule has 7 aromatic carbocycles. The largest absolute Gasteiger partial charge is 0.313 e. The molecule has 5 nitrogen and oxygen atoms in total. The van der Waals surface area contributed by atoms with Gasteiger partial charge in [0.2, 0.25) is 5.95 Å². The third-order valence-corrected chi connectivity index (χ3v) is 13.1. The highest BCUT2D eigenvalue weighted by Gasteiger charge is 2.21. The highest BCUT2D eigenvalue weighted by molar-refractivity contribution is 6.68. The lowest BCUT2D eigenvalue weighted by molar-refractivity contribution is 0.999. The Morgan fingerprint density at radius 1 is 0.516 bits per heavy atom. The zero-order valence-corrected chi connectivity index (χ0v) is 36.2. The molecule has 9 aromatic rings. The fraction of sp³-hybridized carbons (Fsp3) is 0.0577. The predicted octanol–water partition coefficient (Wildman–Crippen LogP) is 4.43. The molecule has 292 valence electrons. The first kappa shape index (κ1) is 39.1. The Kier molecular flexibility index (Phi) is 10.2. The Balaban J connectivity index is 1.11. The van der Waals surface area contributed by atoms with E-state index in [0.717, 1.165) is 46.3 Å². The Morgan fingerprint density at radius 3 is 1.92 bits per heavy atom. The first-order chi connectivity index (χ1) is 30.3. The van der Waals surface area contributed by atoms with Gasteiger partial charge in [-0.25, -0.2) is 4.98 Å². The molecule has 62 heavy (non-hydrogen) atoms. The van der Waals surface area contributed by atoms with E-state index in [1.807, 2.05) is 18.2 Å². The van der Waals surface area contributed by atoms with Crippen LogP contribution in [-0.4, -0.2) is 65.8 Å². The van der Waals surface area contributed by atoms with Gasteiger partial charge in [-0.3, -0.25) is 0 Å². The summed E-state index contributed by atoms with van der Waals surface area (Å²) in [4.78, 5) is 17.6. The number of fused-ring (bicyclic) bond motifs is 3. The molecule has 0 aliphatic heterocycles. The van der Waals surface area contributed by atoms with Gasteiger partial charge in [-0.2, -0.15) is 9.97 Å². The number of aromatic nitrogens is 4. The van der Waals surface area contributed by atoms with Gasteiger partial charge in [0, 0.05) is 40.1 Å². The average molecular weight is 793 g/mol. The summed E-state index contributed by atoms with van der Waals surface area (Å²) in [6.45, 7) is 0. The fourth-order valence-electron chi connectivity index (χ4n) is 9.39. The summed E-state index contributed by atoms with van der Waals surface area (Å²) >= 11 is 0. The molecule has 10 rings (SSSR count). The zero-order chi connectivity index (χ0) is 42.5. The van der Waals surface area contributed by atoms with Gasteiger partial charge < -0.3 is 9.47 Å². The number of anilines is 2. The van der Waals surface area contributed by atoms with Crippen LogP contribution in [0, 0.1) is 0 Å². The number of hydrogen-bond donors (Lipinski definition) is 0. The van der Waals surface area contributed by atoms with Crippen LogP contribution < -0.4 is 32.2 Å². The summed E-state index contributed by atoms with van der Waals surface area (Å²) in [6.07, 6.45) is 8.79. The van der Waals surface area contributed by atoms with Gasteiger partial charge in [0.05, 0.1) is 22.4 Å². The predicted molar refractivity (Wildman–Crippen MR) is 278 cm³/mol. The first-order valence-electron chi connectivity index (χ1n) is 21.6. The Morgan fingerprint density at radius 2 is 1.15 bits per heavy atom. The van der Waals surface area contributed by atoms with Crippen LogP contribution in [0.15, 0.2) is 164 Å². The van der Waals surface area contributed by atoms with Crippen molar-refractivity contribution < 1.29 is 0 Å². The van der Waals surface area contributed by atoms with Gasteiger partial charge in [0.15, 0.2) is 11.6 Å². The van der Waals surface area contributed by atoms with E-state index in [1.165, 1.54) is 71.5 Å². The Bertz CT molecular complexity index is 3250.